The molecule has 0 spiro atoms. The maximum absolute atomic E-state index is 12.1. The summed E-state index contributed by atoms with van der Waals surface area (Å²) in [5.74, 6) is 0.0305. The highest BCUT2D eigenvalue weighted by atomic mass is 32.2. The van der Waals surface area contributed by atoms with Crippen molar-refractivity contribution in [3.05, 3.63) is 71.3 Å². The first-order valence-corrected chi connectivity index (χ1v) is 10.8. The molecule has 3 rings (SSSR count). The first kappa shape index (κ1) is 18.5. The fourth-order valence-electron chi connectivity index (χ4n) is 3.06. The smallest absolute Gasteiger partial charge is 0.315 e. The first-order chi connectivity index (χ1) is 12.4. The molecule has 6 heteroatoms. The molecule has 1 saturated carbocycles. The minimum atomic E-state index is -3.03. The van der Waals surface area contributed by atoms with Crippen molar-refractivity contribution < 1.29 is 13.2 Å². The zero-order valence-corrected chi connectivity index (χ0v) is 15.7. The van der Waals surface area contributed by atoms with Gasteiger partial charge in [0.1, 0.15) is 0 Å². The molecule has 0 bridgehead atoms. The lowest BCUT2D eigenvalue weighted by atomic mass is 9.96. The number of benzene rings is 2. The van der Waals surface area contributed by atoms with E-state index in [1.54, 1.807) is 12.1 Å². The van der Waals surface area contributed by atoms with Crippen LogP contribution in [-0.4, -0.2) is 27.2 Å². The maximum atomic E-state index is 12.1. The Morgan fingerprint density at radius 2 is 1.58 bits per heavy atom. The quantitative estimate of drug-likeness (QED) is 0.785. The molecule has 2 aromatic rings. The summed E-state index contributed by atoms with van der Waals surface area (Å²) in [7, 11) is -3.03. The standard InChI is InChI=1S/C20H24N2O3S/c1-26(24,25)14-17-9-7-16(8-10-17)13-21-19(23)22-15-20(11-12-20)18-5-3-2-4-6-18/h2-10H,11-15H2,1H3,(H2,21,22,23). The number of sulfone groups is 1. The molecule has 1 fully saturated rings. The van der Waals surface area contributed by atoms with Crippen LogP contribution in [0.2, 0.25) is 0 Å². The third kappa shape index (κ3) is 5.08. The zero-order valence-electron chi connectivity index (χ0n) is 14.9. The van der Waals surface area contributed by atoms with Crippen molar-refractivity contribution in [3.63, 3.8) is 0 Å². The van der Waals surface area contributed by atoms with E-state index < -0.39 is 9.84 Å². The van der Waals surface area contributed by atoms with E-state index in [4.69, 9.17) is 0 Å². The average Bonchev–Trinajstić information content (AvgIpc) is 3.40. The largest absolute Gasteiger partial charge is 0.337 e. The lowest BCUT2D eigenvalue weighted by molar-refractivity contribution is 0.239. The van der Waals surface area contributed by atoms with Gasteiger partial charge in [-0.25, -0.2) is 13.2 Å². The van der Waals surface area contributed by atoms with Crippen LogP contribution in [0.25, 0.3) is 0 Å². The van der Waals surface area contributed by atoms with Gasteiger partial charge in [-0.05, 0) is 29.5 Å². The van der Waals surface area contributed by atoms with Crippen LogP contribution in [0.5, 0.6) is 0 Å². The highest BCUT2D eigenvalue weighted by Gasteiger charge is 2.44. The second-order valence-electron chi connectivity index (χ2n) is 7.07. The Bertz CT molecular complexity index is 858. The first-order valence-electron chi connectivity index (χ1n) is 8.69. The summed E-state index contributed by atoms with van der Waals surface area (Å²) >= 11 is 0. The van der Waals surface area contributed by atoms with E-state index in [2.05, 4.69) is 22.8 Å². The highest BCUT2D eigenvalue weighted by Crippen LogP contribution is 2.47. The van der Waals surface area contributed by atoms with E-state index in [-0.39, 0.29) is 17.2 Å². The molecule has 0 atom stereocenters. The monoisotopic (exact) mass is 372 g/mol. The molecule has 0 heterocycles. The lowest BCUT2D eigenvalue weighted by Crippen LogP contribution is -2.39. The van der Waals surface area contributed by atoms with Crippen molar-refractivity contribution in [1.82, 2.24) is 10.6 Å². The van der Waals surface area contributed by atoms with Crippen LogP contribution in [0.1, 0.15) is 29.5 Å². The van der Waals surface area contributed by atoms with Gasteiger partial charge >= 0.3 is 6.03 Å². The van der Waals surface area contributed by atoms with E-state index >= 15 is 0 Å². The van der Waals surface area contributed by atoms with Crippen LogP contribution in [0.15, 0.2) is 54.6 Å². The molecule has 2 N–H and O–H groups in total. The Balaban J connectivity index is 1.46. The Labute approximate surface area is 154 Å². The predicted molar refractivity (Wildman–Crippen MR) is 103 cm³/mol. The summed E-state index contributed by atoms with van der Waals surface area (Å²) in [5, 5.41) is 5.82. The van der Waals surface area contributed by atoms with Gasteiger partial charge in [-0.3, -0.25) is 0 Å². The number of rotatable bonds is 7. The molecule has 2 aromatic carbocycles. The van der Waals surface area contributed by atoms with Crippen molar-refractivity contribution in [2.45, 2.75) is 30.6 Å². The third-order valence-corrected chi connectivity index (χ3v) is 5.59. The molecule has 1 aliphatic rings. The predicted octanol–water partition coefficient (Wildman–Crippen LogP) is 2.76. The normalized spacial score (nSPS) is 15.3. The second-order valence-corrected chi connectivity index (χ2v) is 9.21. The molecule has 26 heavy (non-hydrogen) atoms. The van der Waals surface area contributed by atoms with Gasteiger partial charge < -0.3 is 10.6 Å². The number of nitrogens with one attached hydrogen (secondary N) is 2. The van der Waals surface area contributed by atoms with Crippen LogP contribution in [-0.2, 0) is 27.5 Å². The number of urea groups is 1. The minimum absolute atomic E-state index is 0.0305. The summed E-state index contributed by atoms with van der Waals surface area (Å²) in [6.45, 7) is 1.04. The van der Waals surface area contributed by atoms with Crippen LogP contribution in [0.3, 0.4) is 0 Å². The maximum Gasteiger partial charge on any atom is 0.315 e. The molecule has 0 radical (unpaired) electrons. The van der Waals surface area contributed by atoms with Crippen LogP contribution < -0.4 is 10.6 Å². The van der Waals surface area contributed by atoms with E-state index in [1.807, 2.05) is 30.3 Å². The number of carbonyl (C=O) groups excluding carboxylic acids is 1. The fraction of sp³-hybridized carbons (Fsp3) is 0.350. The second kappa shape index (κ2) is 7.50. The van der Waals surface area contributed by atoms with E-state index in [1.165, 1.54) is 11.8 Å². The molecule has 2 amide bonds. The number of hydrogen-bond acceptors (Lipinski definition) is 3. The topological polar surface area (TPSA) is 75.3 Å². The van der Waals surface area contributed by atoms with Crippen molar-refractivity contribution in [2.24, 2.45) is 0 Å². The molecule has 138 valence electrons. The Morgan fingerprint density at radius 3 is 2.15 bits per heavy atom. The van der Waals surface area contributed by atoms with Gasteiger partial charge in [0.15, 0.2) is 9.84 Å². The molecule has 0 saturated heterocycles. The van der Waals surface area contributed by atoms with E-state index in [0.717, 1.165) is 24.0 Å². The Hall–Kier alpha value is -2.34. The van der Waals surface area contributed by atoms with Gasteiger partial charge in [0.25, 0.3) is 0 Å². The SMILES string of the molecule is CS(=O)(=O)Cc1ccc(CNC(=O)NCC2(c3ccccc3)CC2)cc1. The van der Waals surface area contributed by atoms with Gasteiger partial charge in [-0.2, -0.15) is 0 Å². The summed E-state index contributed by atoms with van der Waals surface area (Å²) in [4.78, 5) is 12.1. The van der Waals surface area contributed by atoms with E-state index in [0.29, 0.717) is 13.1 Å². The Kier molecular flexibility index (Phi) is 5.32. The molecule has 0 unspecified atom stereocenters. The third-order valence-electron chi connectivity index (χ3n) is 4.73. The van der Waals surface area contributed by atoms with Gasteiger partial charge in [0.05, 0.1) is 5.75 Å². The van der Waals surface area contributed by atoms with Gasteiger partial charge in [-0.1, -0.05) is 54.6 Å². The summed E-state index contributed by atoms with van der Waals surface area (Å²) in [6.07, 6.45) is 3.41. The zero-order chi connectivity index (χ0) is 18.6. The van der Waals surface area contributed by atoms with Crippen LogP contribution in [0, 0.1) is 0 Å². The van der Waals surface area contributed by atoms with Crippen molar-refractivity contribution in [3.8, 4) is 0 Å². The Morgan fingerprint density at radius 1 is 0.962 bits per heavy atom. The van der Waals surface area contributed by atoms with Crippen molar-refractivity contribution in [2.75, 3.05) is 12.8 Å². The van der Waals surface area contributed by atoms with Crippen molar-refractivity contribution in [1.29, 1.82) is 0 Å². The minimum Gasteiger partial charge on any atom is -0.337 e. The molecular weight excluding hydrogens is 348 g/mol. The van der Waals surface area contributed by atoms with E-state index in [9.17, 15) is 13.2 Å². The van der Waals surface area contributed by atoms with Crippen LogP contribution in [0.4, 0.5) is 4.79 Å². The molecule has 1 aliphatic carbocycles. The lowest BCUT2D eigenvalue weighted by Gasteiger charge is -2.17. The molecule has 0 aromatic heterocycles. The van der Waals surface area contributed by atoms with Gasteiger partial charge in [0.2, 0.25) is 0 Å². The molecule has 5 nitrogen and oxygen atoms in total. The fourth-order valence-corrected chi connectivity index (χ4v) is 3.86. The molecular formula is C20H24N2O3S. The summed E-state index contributed by atoms with van der Waals surface area (Å²) in [6, 6.07) is 17.4. The number of hydrogen-bond donors (Lipinski definition) is 2. The van der Waals surface area contributed by atoms with Gasteiger partial charge in [-0.15, -0.1) is 0 Å². The summed E-state index contributed by atoms with van der Waals surface area (Å²) in [5.41, 5.74) is 3.05. The number of carbonyl (C=O) groups is 1. The van der Waals surface area contributed by atoms with Gasteiger partial charge in [0, 0.05) is 24.8 Å². The average molecular weight is 372 g/mol. The highest BCUT2D eigenvalue weighted by molar-refractivity contribution is 7.89. The molecule has 0 aliphatic heterocycles. The number of amides is 2. The summed E-state index contributed by atoms with van der Waals surface area (Å²) < 4.78 is 22.6. The van der Waals surface area contributed by atoms with Crippen LogP contribution >= 0.6 is 0 Å². The van der Waals surface area contributed by atoms with Crippen molar-refractivity contribution >= 4 is 15.9 Å².